The average Bonchev–Trinajstić information content (AvgIpc) is 2.86. The van der Waals surface area contributed by atoms with Crippen LogP contribution in [0.25, 0.3) is 0 Å². The molecule has 1 N–H and O–H groups in total. The monoisotopic (exact) mass is 249 g/mol. The smallest absolute Gasteiger partial charge is 0.378 e. The van der Waals surface area contributed by atoms with Crippen molar-refractivity contribution in [1.29, 1.82) is 0 Å². The first kappa shape index (κ1) is 12.8. The van der Waals surface area contributed by atoms with Gasteiger partial charge in [0.25, 0.3) is 0 Å². The molecule has 0 unspecified atom stereocenters. The van der Waals surface area contributed by atoms with E-state index in [1.165, 1.54) is 31.9 Å². The van der Waals surface area contributed by atoms with Crippen molar-refractivity contribution in [3.63, 3.8) is 0 Å². The lowest BCUT2D eigenvalue weighted by molar-refractivity contribution is -0.388. The van der Waals surface area contributed by atoms with Crippen molar-refractivity contribution in [1.82, 2.24) is 4.98 Å². The highest BCUT2D eigenvalue weighted by atomic mass is 16.6. The molecule has 1 aliphatic rings. The van der Waals surface area contributed by atoms with Gasteiger partial charge >= 0.3 is 5.82 Å². The maximum Gasteiger partial charge on any atom is 0.386 e. The molecule has 0 aliphatic heterocycles. The predicted octanol–water partition coefficient (Wildman–Crippen LogP) is 3.37. The SMILES string of the molecule is CCC1(CNc2cccnc2[N+](=O)[O-])CCCC1. The Morgan fingerprint density at radius 1 is 1.50 bits per heavy atom. The predicted molar refractivity (Wildman–Crippen MR) is 70.6 cm³/mol. The van der Waals surface area contributed by atoms with Crippen LogP contribution in [0.4, 0.5) is 11.5 Å². The molecule has 1 aliphatic carbocycles. The van der Waals surface area contributed by atoms with Gasteiger partial charge in [0.2, 0.25) is 0 Å². The molecular weight excluding hydrogens is 230 g/mol. The number of nitrogens with one attached hydrogen (secondary N) is 1. The van der Waals surface area contributed by atoms with Crippen LogP contribution in [0.1, 0.15) is 39.0 Å². The van der Waals surface area contributed by atoms with Crippen molar-refractivity contribution in [2.24, 2.45) is 5.41 Å². The van der Waals surface area contributed by atoms with Crippen LogP contribution < -0.4 is 5.32 Å². The molecule has 1 heterocycles. The Kier molecular flexibility index (Phi) is 3.79. The van der Waals surface area contributed by atoms with Gasteiger partial charge in [0.15, 0.2) is 0 Å². The van der Waals surface area contributed by atoms with E-state index >= 15 is 0 Å². The second kappa shape index (κ2) is 5.33. The Morgan fingerprint density at radius 3 is 2.83 bits per heavy atom. The third-order valence-electron chi connectivity index (χ3n) is 4.03. The van der Waals surface area contributed by atoms with Crippen LogP contribution in [-0.2, 0) is 0 Å². The number of rotatable bonds is 5. The Balaban J connectivity index is 2.08. The minimum atomic E-state index is -0.435. The van der Waals surface area contributed by atoms with Gasteiger partial charge in [0.05, 0.1) is 0 Å². The highest BCUT2D eigenvalue weighted by Crippen LogP contribution is 2.41. The van der Waals surface area contributed by atoms with Crippen LogP contribution in [0.3, 0.4) is 0 Å². The number of nitrogens with zero attached hydrogens (tertiary/aromatic N) is 2. The van der Waals surface area contributed by atoms with Gasteiger partial charge in [-0.1, -0.05) is 19.8 Å². The third-order valence-corrected chi connectivity index (χ3v) is 4.03. The molecule has 0 aromatic carbocycles. The topological polar surface area (TPSA) is 68.1 Å². The summed E-state index contributed by atoms with van der Waals surface area (Å²) in [6.45, 7) is 3.00. The van der Waals surface area contributed by atoms with E-state index in [-0.39, 0.29) is 5.82 Å². The molecule has 0 radical (unpaired) electrons. The van der Waals surface area contributed by atoms with Crippen molar-refractivity contribution >= 4 is 11.5 Å². The fraction of sp³-hybridized carbons (Fsp3) is 0.615. The second-order valence-electron chi connectivity index (χ2n) is 5.05. The molecule has 5 heteroatoms. The maximum absolute atomic E-state index is 10.9. The van der Waals surface area contributed by atoms with E-state index in [1.54, 1.807) is 12.1 Å². The fourth-order valence-electron chi connectivity index (χ4n) is 2.74. The summed E-state index contributed by atoms with van der Waals surface area (Å²) in [5.74, 6) is -0.0817. The summed E-state index contributed by atoms with van der Waals surface area (Å²) in [5, 5.41) is 14.1. The van der Waals surface area contributed by atoms with Gasteiger partial charge < -0.3 is 15.4 Å². The Hall–Kier alpha value is -1.65. The average molecular weight is 249 g/mol. The molecule has 1 fully saturated rings. The van der Waals surface area contributed by atoms with Crippen molar-refractivity contribution in [3.05, 3.63) is 28.4 Å². The molecule has 0 saturated heterocycles. The Bertz CT molecular complexity index is 428. The van der Waals surface area contributed by atoms with Gasteiger partial charge in [-0.2, -0.15) is 0 Å². The lowest BCUT2D eigenvalue weighted by atomic mass is 9.83. The van der Waals surface area contributed by atoms with E-state index in [0.29, 0.717) is 11.1 Å². The molecule has 0 bridgehead atoms. The normalized spacial score (nSPS) is 17.6. The van der Waals surface area contributed by atoms with Crippen LogP contribution in [0.2, 0.25) is 0 Å². The quantitative estimate of drug-likeness (QED) is 0.641. The van der Waals surface area contributed by atoms with Crippen LogP contribution >= 0.6 is 0 Å². The van der Waals surface area contributed by atoms with E-state index < -0.39 is 4.92 Å². The molecule has 0 atom stereocenters. The third kappa shape index (κ3) is 2.60. The van der Waals surface area contributed by atoms with Crippen LogP contribution in [0.15, 0.2) is 18.3 Å². The van der Waals surface area contributed by atoms with Gasteiger partial charge in [0.1, 0.15) is 11.9 Å². The van der Waals surface area contributed by atoms with E-state index in [0.717, 1.165) is 13.0 Å². The molecule has 1 saturated carbocycles. The number of aromatic nitrogens is 1. The summed E-state index contributed by atoms with van der Waals surface area (Å²) in [6, 6.07) is 3.45. The first-order valence-electron chi connectivity index (χ1n) is 6.50. The lowest BCUT2D eigenvalue weighted by Crippen LogP contribution is -2.26. The summed E-state index contributed by atoms with van der Waals surface area (Å²) in [6.07, 6.45) is 7.53. The zero-order valence-electron chi connectivity index (χ0n) is 10.7. The summed E-state index contributed by atoms with van der Waals surface area (Å²) in [4.78, 5) is 14.2. The largest absolute Gasteiger partial charge is 0.386 e. The standard InChI is InChI=1S/C13H19N3O2/c1-2-13(7-3-4-8-13)10-15-11-6-5-9-14-12(11)16(17)18/h5-6,9,15H,2-4,7-8,10H2,1H3. The first-order chi connectivity index (χ1) is 8.67. The van der Waals surface area contributed by atoms with Crippen molar-refractivity contribution in [3.8, 4) is 0 Å². The van der Waals surface area contributed by atoms with Crippen LogP contribution in [0.5, 0.6) is 0 Å². The number of anilines is 1. The van der Waals surface area contributed by atoms with Crippen molar-refractivity contribution in [2.75, 3.05) is 11.9 Å². The highest BCUT2D eigenvalue weighted by Gasteiger charge is 2.32. The molecule has 1 aromatic heterocycles. The Labute approximate surface area is 107 Å². The molecular formula is C13H19N3O2. The Morgan fingerprint density at radius 2 is 2.22 bits per heavy atom. The molecule has 0 amide bonds. The van der Waals surface area contributed by atoms with E-state index in [2.05, 4.69) is 17.2 Å². The van der Waals surface area contributed by atoms with Crippen LogP contribution in [-0.4, -0.2) is 16.5 Å². The van der Waals surface area contributed by atoms with Gasteiger partial charge in [-0.25, -0.2) is 0 Å². The summed E-state index contributed by atoms with van der Waals surface area (Å²) in [7, 11) is 0. The molecule has 18 heavy (non-hydrogen) atoms. The second-order valence-corrected chi connectivity index (χ2v) is 5.05. The summed E-state index contributed by atoms with van der Waals surface area (Å²) < 4.78 is 0. The molecule has 98 valence electrons. The zero-order valence-corrected chi connectivity index (χ0v) is 10.7. The fourth-order valence-corrected chi connectivity index (χ4v) is 2.74. The number of nitro groups is 1. The first-order valence-corrected chi connectivity index (χ1v) is 6.50. The minimum Gasteiger partial charge on any atom is -0.378 e. The molecule has 0 spiro atoms. The highest BCUT2D eigenvalue weighted by molar-refractivity contribution is 5.56. The summed E-state index contributed by atoms with van der Waals surface area (Å²) >= 11 is 0. The van der Waals surface area contributed by atoms with E-state index in [1.807, 2.05) is 0 Å². The van der Waals surface area contributed by atoms with Gasteiger partial charge in [0, 0.05) is 6.54 Å². The zero-order chi connectivity index (χ0) is 13.0. The molecule has 5 nitrogen and oxygen atoms in total. The minimum absolute atomic E-state index is 0.0817. The van der Waals surface area contributed by atoms with Gasteiger partial charge in [-0.15, -0.1) is 0 Å². The summed E-state index contributed by atoms with van der Waals surface area (Å²) in [5.41, 5.74) is 0.839. The molecule has 1 aromatic rings. The van der Waals surface area contributed by atoms with Crippen LogP contribution in [0, 0.1) is 15.5 Å². The lowest BCUT2D eigenvalue weighted by Gasteiger charge is -2.27. The van der Waals surface area contributed by atoms with Crippen molar-refractivity contribution in [2.45, 2.75) is 39.0 Å². The number of hydrogen-bond donors (Lipinski definition) is 1. The van der Waals surface area contributed by atoms with E-state index in [9.17, 15) is 10.1 Å². The van der Waals surface area contributed by atoms with Crippen molar-refractivity contribution < 1.29 is 4.92 Å². The van der Waals surface area contributed by atoms with Gasteiger partial charge in [-0.3, -0.25) is 0 Å². The molecule has 2 rings (SSSR count). The van der Waals surface area contributed by atoms with E-state index in [4.69, 9.17) is 0 Å². The maximum atomic E-state index is 10.9. The van der Waals surface area contributed by atoms with Gasteiger partial charge in [-0.05, 0) is 46.7 Å². The number of hydrogen-bond acceptors (Lipinski definition) is 4. The number of pyridine rings is 1.